The third-order valence-electron chi connectivity index (χ3n) is 16.2. The molecule has 0 heterocycles. The van der Waals surface area contributed by atoms with E-state index in [4.69, 9.17) is 9.68 Å². The molecule has 2 nitrogen and oxygen atoms in total. The first-order chi connectivity index (χ1) is 41.5. The van der Waals surface area contributed by atoms with Gasteiger partial charge in [0.1, 0.15) is 5.75 Å². The van der Waals surface area contributed by atoms with E-state index in [-0.39, 0.29) is 7.43 Å². The van der Waals surface area contributed by atoms with Crippen LogP contribution in [0, 0.1) is 0 Å². The van der Waals surface area contributed by atoms with Gasteiger partial charge < -0.3 is 9.68 Å². The normalized spacial score (nSPS) is 11.1. The number of fused-ring (bicyclic) bond motifs is 10. The highest BCUT2D eigenvalue weighted by atomic mass is 79.9. The third kappa shape index (κ3) is 11.2. The largest absolute Gasteiger partial charge is 0.569 e. The van der Waals surface area contributed by atoms with E-state index in [2.05, 4.69) is 313 Å². The van der Waals surface area contributed by atoms with E-state index in [0.29, 0.717) is 13.4 Å². The van der Waals surface area contributed by atoms with Gasteiger partial charge >= 0.3 is 7.69 Å². The predicted octanol–water partition coefficient (Wildman–Crippen LogP) is 22.9. The zero-order chi connectivity index (χ0) is 56.3. The lowest BCUT2D eigenvalue weighted by Crippen LogP contribution is -1.99. The number of hydrogen-bond donors (Lipinski definition) is 1. The molecule has 1 radical (unpaired) electrons. The molecule has 0 aliphatic heterocycles. The maximum atomic E-state index is 8.85. The molecule has 0 spiro atoms. The molecular weight excluding hydrogens is 1100 g/mol. The van der Waals surface area contributed by atoms with Crippen molar-refractivity contribution in [3.8, 4) is 61.4 Å². The molecular formula is C81H57BBrO2. The fourth-order valence-electron chi connectivity index (χ4n) is 12.0. The Balaban J connectivity index is 0.000000127. The minimum Gasteiger partial charge on any atom is -0.537 e. The smallest absolute Gasteiger partial charge is 0.537 e. The topological polar surface area (TPSA) is 29.5 Å². The molecule has 1 N–H and O–H groups in total. The Kier molecular flexibility index (Phi) is 15.3. The van der Waals surface area contributed by atoms with Crippen molar-refractivity contribution in [1.82, 2.24) is 0 Å². The molecule has 4 heteroatoms. The van der Waals surface area contributed by atoms with Crippen molar-refractivity contribution in [2.45, 2.75) is 7.43 Å². The fourth-order valence-corrected chi connectivity index (χ4v) is 12.4. The van der Waals surface area contributed by atoms with Gasteiger partial charge in [-0.05, 0) is 215 Å². The summed E-state index contributed by atoms with van der Waals surface area (Å²) in [4.78, 5) is 0. The summed E-state index contributed by atoms with van der Waals surface area (Å²) in [6.07, 6.45) is 0. The average molecular weight is 1150 g/mol. The molecule has 85 heavy (non-hydrogen) atoms. The van der Waals surface area contributed by atoms with Crippen LogP contribution < -0.4 is 4.65 Å². The highest BCUT2D eigenvalue weighted by Gasteiger charge is 2.13. The first kappa shape index (κ1) is 54.2. The van der Waals surface area contributed by atoms with Gasteiger partial charge in [-0.25, -0.2) is 0 Å². The number of benzene rings is 16. The monoisotopic (exact) mass is 1150 g/mol. The van der Waals surface area contributed by atoms with E-state index in [1.54, 1.807) is 0 Å². The van der Waals surface area contributed by atoms with E-state index in [0.717, 1.165) is 15.6 Å². The molecule has 0 saturated heterocycles. The summed E-state index contributed by atoms with van der Waals surface area (Å²) in [5, 5.41) is 29.1. The molecule has 0 aliphatic rings. The first-order valence-electron chi connectivity index (χ1n) is 28.3. The zero-order valence-corrected chi connectivity index (χ0v) is 47.4. The maximum absolute atomic E-state index is 8.85. The van der Waals surface area contributed by atoms with Crippen molar-refractivity contribution in [2.75, 3.05) is 0 Å². The van der Waals surface area contributed by atoms with Crippen LogP contribution in [0.1, 0.15) is 7.43 Å². The summed E-state index contributed by atoms with van der Waals surface area (Å²) in [6, 6.07) is 113. The summed E-state index contributed by atoms with van der Waals surface area (Å²) in [6.45, 7) is 0. The molecule has 403 valence electrons. The highest BCUT2D eigenvalue weighted by molar-refractivity contribution is 9.10. The standard InChI is InChI=1S/C40H26.C20H14BO2.C20H13Br.CH4/c1-2-9-28-22-31(17-16-27(28)8-1)33-21-20-32-23-30(18-19-34(32)24-33)29-11-7-12-35(25-29)40-26-36-10-3-4-13-37(36)38-14-5-6-15-39(38)40;22-21-23-16-8-5-7-14(12-16)20-13-15-6-1-2-9-17(15)18-10-3-4-11-19(18)20;21-20-10-9-18-12-17(7-8-19(18)13-20)16-6-5-14-3-1-2-4-15(14)11-16;/h1-26H;1-13,22H;1-13H;1H4. The SMILES string of the molecule is Brc1ccc2cc(-c3ccc4ccccc4c3)ccc2c1.C.O[B]Oc1cccc(-c2cc3ccccc3c3ccccc23)c1.c1cc(-c2ccc3cc(-c4ccc5ccccc5c4)ccc3c2)cc(-c2cc3ccccc3c3ccccc23)c1. The summed E-state index contributed by atoms with van der Waals surface area (Å²) in [5.41, 5.74) is 12.2. The molecule has 0 unspecified atom stereocenters. The van der Waals surface area contributed by atoms with Gasteiger partial charge in [-0.15, -0.1) is 0 Å². The van der Waals surface area contributed by atoms with Gasteiger partial charge in [0, 0.05) is 4.47 Å². The highest BCUT2D eigenvalue weighted by Crippen LogP contribution is 2.39. The van der Waals surface area contributed by atoms with Gasteiger partial charge in [0.05, 0.1) is 0 Å². The molecule has 16 rings (SSSR count). The molecule has 0 amide bonds. The average Bonchev–Trinajstić information content (AvgIpc) is 2.30. The van der Waals surface area contributed by atoms with E-state index in [1.165, 1.54) is 131 Å². The molecule has 0 fully saturated rings. The molecule has 16 aromatic rings. The zero-order valence-electron chi connectivity index (χ0n) is 45.8. The summed E-state index contributed by atoms with van der Waals surface area (Å²) in [5.74, 6) is 0.613. The van der Waals surface area contributed by atoms with Crippen molar-refractivity contribution in [3.63, 3.8) is 0 Å². The minimum absolute atomic E-state index is 0. The van der Waals surface area contributed by atoms with Crippen LogP contribution in [0.4, 0.5) is 0 Å². The Labute approximate surface area is 504 Å². The quantitative estimate of drug-likeness (QED) is 0.127. The van der Waals surface area contributed by atoms with Gasteiger partial charge in [0.25, 0.3) is 0 Å². The molecule has 16 aromatic carbocycles. The Hall–Kier alpha value is -10.1. The minimum atomic E-state index is 0. The van der Waals surface area contributed by atoms with Crippen LogP contribution in [-0.2, 0) is 0 Å². The second-order valence-corrected chi connectivity index (χ2v) is 22.2. The van der Waals surface area contributed by atoms with Crippen LogP contribution in [0.2, 0.25) is 0 Å². The molecule has 0 bridgehead atoms. The van der Waals surface area contributed by atoms with E-state index >= 15 is 0 Å². The Morgan fingerprint density at radius 1 is 0.235 bits per heavy atom. The molecule has 0 saturated carbocycles. The van der Waals surface area contributed by atoms with Crippen LogP contribution >= 0.6 is 15.9 Å². The number of hydrogen-bond acceptors (Lipinski definition) is 2. The predicted molar refractivity (Wildman–Crippen MR) is 370 cm³/mol. The van der Waals surface area contributed by atoms with Gasteiger partial charge in [0.2, 0.25) is 0 Å². The fraction of sp³-hybridized carbons (Fsp3) is 0.0123. The van der Waals surface area contributed by atoms with Crippen LogP contribution in [-0.4, -0.2) is 12.7 Å². The summed E-state index contributed by atoms with van der Waals surface area (Å²) >= 11 is 3.52. The van der Waals surface area contributed by atoms with Crippen molar-refractivity contribution in [3.05, 3.63) is 320 Å². The van der Waals surface area contributed by atoms with Crippen LogP contribution in [0.25, 0.3) is 142 Å². The lowest BCUT2D eigenvalue weighted by molar-refractivity contribution is 0.454. The van der Waals surface area contributed by atoms with Gasteiger partial charge in [-0.1, -0.05) is 266 Å². The molecule has 0 aliphatic carbocycles. The second kappa shape index (κ2) is 24.0. The van der Waals surface area contributed by atoms with Crippen molar-refractivity contribution in [2.24, 2.45) is 0 Å². The summed E-state index contributed by atoms with van der Waals surface area (Å²) in [7, 11) is 0.706. The van der Waals surface area contributed by atoms with Gasteiger partial charge in [-0.2, -0.15) is 0 Å². The number of rotatable bonds is 7. The molecule has 0 atom stereocenters. The van der Waals surface area contributed by atoms with Gasteiger partial charge in [-0.3, -0.25) is 0 Å². The van der Waals surface area contributed by atoms with E-state index in [1.807, 2.05) is 18.2 Å². The Bertz CT molecular complexity index is 5140. The van der Waals surface area contributed by atoms with E-state index in [9.17, 15) is 0 Å². The van der Waals surface area contributed by atoms with Gasteiger partial charge in [0.15, 0.2) is 0 Å². The maximum Gasteiger partial charge on any atom is 0.569 e. The Morgan fingerprint density at radius 2 is 0.553 bits per heavy atom. The lowest BCUT2D eigenvalue weighted by atomic mass is 9.91. The molecule has 0 aromatic heterocycles. The lowest BCUT2D eigenvalue weighted by Gasteiger charge is -2.13. The van der Waals surface area contributed by atoms with Crippen molar-refractivity contribution in [1.29, 1.82) is 0 Å². The number of halogens is 1. The summed E-state index contributed by atoms with van der Waals surface area (Å²) < 4.78 is 6.22. The van der Waals surface area contributed by atoms with Crippen molar-refractivity contribution < 1.29 is 9.68 Å². The van der Waals surface area contributed by atoms with Crippen LogP contribution in [0.5, 0.6) is 5.75 Å². The van der Waals surface area contributed by atoms with Crippen LogP contribution in [0.15, 0.2) is 320 Å². The van der Waals surface area contributed by atoms with Crippen LogP contribution in [0.3, 0.4) is 0 Å². The third-order valence-corrected chi connectivity index (χ3v) is 16.7. The first-order valence-corrected chi connectivity index (χ1v) is 29.1. The Morgan fingerprint density at radius 3 is 1.01 bits per heavy atom. The van der Waals surface area contributed by atoms with Crippen molar-refractivity contribution >= 4 is 110 Å². The van der Waals surface area contributed by atoms with E-state index < -0.39 is 0 Å². The second-order valence-electron chi connectivity index (χ2n) is 21.3.